The van der Waals surface area contributed by atoms with Crippen LogP contribution < -0.4 is 5.32 Å². The molecule has 0 spiro atoms. The fraction of sp³-hybridized carbons (Fsp3) is 0.0667. The molecule has 1 heterocycles. The van der Waals surface area contributed by atoms with Crippen LogP contribution in [0.1, 0.15) is 0 Å². The van der Waals surface area contributed by atoms with Gasteiger partial charge in [-0.05, 0) is 45.4 Å². The first-order chi connectivity index (χ1) is 11.1. The molecule has 116 valence electrons. The molecule has 1 amide bonds. The fourth-order valence-electron chi connectivity index (χ4n) is 1.94. The Kier molecular flexibility index (Phi) is 4.42. The summed E-state index contributed by atoms with van der Waals surface area (Å²) in [5.74, 6) is -0.615. The number of aromatic nitrogens is 4. The van der Waals surface area contributed by atoms with Gasteiger partial charge in [-0.2, -0.15) is 4.80 Å². The summed E-state index contributed by atoms with van der Waals surface area (Å²) >= 11 is 3.35. The Bertz CT molecular complexity index is 851. The van der Waals surface area contributed by atoms with E-state index in [0.29, 0.717) is 5.69 Å². The molecule has 0 atom stereocenters. The highest BCUT2D eigenvalue weighted by atomic mass is 79.9. The molecule has 0 bridgehead atoms. The van der Waals surface area contributed by atoms with E-state index in [0.717, 1.165) is 9.27 Å². The van der Waals surface area contributed by atoms with Crippen LogP contribution in [0.25, 0.3) is 11.4 Å². The number of hydrogen-bond acceptors (Lipinski definition) is 4. The van der Waals surface area contributed by atoms with Gasteiger partial charge in [0.15, 0.2) is 0 Å². The molecule has 8 heteroatoms. The zero-order valence-corrected chi connectivity index (χ0v) is 13.4. The lowest BCUT2D eigenvalue weighted by Crippen LogP contribution is -2.20. The van der Waals surface area contributed by atoms with Crippen LogP contribution >= 0.6 is 15.9 Å². The molecule has 0 saturated carbocycles. The third kappa shape index (κ3) is 3.59. The number of nitrogens with one attached hydrogen (secondary N) is 1. The van der Waals surface area contributed by atoms with E-state index in [-0.39, 0.29) is 23.8 Å². The number of nitrogens with zero attached hydrogens (tertiary/aromatic N) is 4. The van der Waals surface area contributed by atoms with Crippen molar-refractivity contribution in [2.24, 2.45) is 0 Å². The summed E-state index contributed by atoms with van der Waals surface area (Å²) < 4.78 is 14.4. The minimum absolute atomic E-state index is 0.122. The average Bonchev–Trinajstić information content (AvgIpc) is 2.98. The lowest BCUT2D eigenvalue weighted by Gasteiger charge is -2.06. The molecule has 2 aromatic carbocycles. The van der Waals surface area contributed by atoms with Gasteiger partial charge >= 0.3 is 0 Å². The van der Waals surface area contributed by atoms with E-state index in [9.17, 15) is 9.18 Å². The molecule has 0 aliphatic rings. The van der Waals surface area contributed by atoms with E-state index >= 15 is 0 Å². The van der Waals surface area contributed by atoms with Gasteiger partial charge in [-0.25, -0.2) is 4.39 Å². The number of anilines is 1. The molecule has 0 fully saturated rings. The van der Waals surface area contributed by atoms with E-state index in [1.165, 1.54) is 6.07 Å². The fourth-order valence-corrected chi connectivity index (χ4v) is 2.33. The highest BCUT2D eigenvalue weighted by Crippen LogP contribution is 2.21. The van der Waals surface area contributed by atoms with E-state index in [4.69, 9.17) is 0 Å². The van der Waals surface area contributed by atoms with Gasteiger partial charge in [0.1, 0.15) is 12.4 Å². The standard InChI is InChI=1S/C15H11BrFN5O/c16-11-6-2-4-8-13(11)18-14(23)9-22-20-15(19-21-22)10-5-1-3-7-12(10)17/h1-8H,9H2,(H,18,23). The van der Waals surface area contributed by atoms with Gasteiger partial charge in [0.25, 0.3) is 0 Å². The summed E-state index contributed by atoms with van der Waals surface area (Å²) in [6.45, 7) is -0.122. The predicted molar refractivity (Wildman–Crippen MR) is 86.0 cm³/mol. The Labute approximate surface area is 139 Å². The van der Waals surface area contributed by atoms with Crippen LogP contribution in [0.2, 0.25) is 0 Å². The number of benzene rings is 2. The third-order valence-corrected chi connectivity index (χ3v) is 3.69. The van der Waals surface area contributed by atoms with Gasteiger partial charge < -0.3 is 5.32 Å². The van der Waals surface area contributed by atoms with Gasteiger partial charge in [0, 0.05) is 4.47 Å². The van der Waals surface area contributed by atoms with Gasteiger partial charge in [-0.1, -0.05) is 24.3 Å². The van der Waals surface area contributed by atoms with Gasteiger partial charge in [-0.15, -0.1) is 10.2 Å². The minimum atomic E-state index is -0.440. The number of halogens is 2. The average molecular weight is 376 g/mol. The first kappa shape index (κ1) is 15.3. The Morgan fingerprint density at radius 2 is 1.91 bits per heavy atom. The number of carbonyl (C=O) groups is 1. The lowest BCUT2D eigenvalue weighted by molar-refractivity contribution is -0.117. The van der Waals surface area contributed by atoms with E-state index < -0.39 is 5.82 Å². The first-order valence-electron chi connectivity index (χ1n) is 6.70. The zero-order valence-electron chi connectivity index (χ0n) is 11.8. The molecule has 6 nitrogen and oxygen atoms in total. The largest absolute Gasteiger partial charge is 0.323 e. The summed E-state index contributed by atoms with van der Waals surface area (Å²) in [4.78, 5) is 13.1. The maximum Gasteiger partial charge on any atom is 0.248 e. The lowest BCUT2D eigenvalue weighted by atomic mass is 10.2. The molecule has 0 radical (unpaired) electrons. The van der Waals surface area contributed by atoms with Crippen molar-refractivity contribution in [2.75, 3.05) is 5.32 Å². The maximum absolute atomic E-state index is 13.7. The Hall–Kier alpha value is -2.61. The van der Waals surface area contributed by atoms with Gasteiger partial charge in [-0.3, -0.25) is 4.79 Å². The van der Waals surface area contributed by atoms with E-state index in [1.54, 1.807) is 24.3 Å². The van der Waals surface area contributed by atoms with Crippen molar-refractivity contribution >= 4 is 27.5 Å². The Morgan fingerprint density at radius 3 is 2.70 bits per heavy atom. The number of amides is 1. The van der Waals surface area contributed by atoms with Gasteiger partial charge in [0.2, 0.25) is 11.7 Å². The monoisotopic (exact) mass is 375 g/mol. The van der Waals surface area contributed by atoms with Crippen molar-refractivity contribution in [3.8, 4) is 11.4 Å². The molecule has 0 aliphatic carbocycles. The van der Waals surface area contributed by atoms with Crippen LogP contribution in [-0.2, 0) is 11.3 Å². The van der Waals surface area contributed by atoms with Crippen molar-refractivity contribution in [3.05, 3.63) is 58.8 Å². The maximum atomic E-state index is 13.7. The number of para-hydroxylation sites is 1. The van der Waals surface area contributed by atoms with Gasteiger partial charge in [0.05, 0.1) is 11.3 Å². The molecule has 1 N–H and O–H groups in total. The Morgan fingerprint density at radius 1 is 1.17 bits per heavy atom. The predicted octanol–water partition coefficient (Wildman–Crippen LogP) is 2.88. The molecule has 3 aromatic rings. The Balaban J connectivity index is 1.71. The number of rotatable bonds is 4. The molecular formula is C15H11BrFN5O. The van der Waals surface area contributed by atoms with Crippen LogP contribution in [0.15, 0.2) is 53.0 Å². The van der Waals surface area contributed by atoms with E-state index in [2.05, 4.69) is 36.7 Å². The zero-order chi connectivity index (χ0) is 16.2. The van der Waals surface area contributed by atoms with Crippen molar-refractivity contribution in [1.29, 1.82) is 0 Å². The SMILES string of the molecule is O=C(Cn1nnc(-c2ccccc2F)n1)Nc1ccccc1Br. The van der Waals surface area contributed by atoms with Crippen LogP contribution in [-0.4, -0.2) is 26.1 Å². The normalized spacial score (nSPS) is 10.5. The molecule has 1 aromatic heterocycles. The van der Waals surface area contributed by atoms with E-state index in [1.807, 2.05) is 18.2 Å². The second-order valence-corrected chi connectivity index (χ2v) is 5.51. The van der Waals surface area contributed by atoms with Crippen LogP contribution in [0, 0.1) is 5.82 Å². The summed E-state index contributed by atoms with van der Waals surface area (Å²) in [6, 6.07) is 13.4. The molecule has 0 aliphatic heterocycles. The van der Waals surface area contributed by atoms with Crippen LogP contribution in [0.5, 0.6) is 0 Å². The first-order valence-corrected chi connectivity index (χ1v) is 7.50. The summed E-state index contributed by atoms with van der Waals surface area (Å²) in [6.07, 6.45) is 0. The molecular weight excluding hydrogens is 365 g/mol. The van der Waals surface area contributed by atoms with Crippen molar-refractivity contribution in [3.63, 3.8) is 0 Å². The van der Waals surface area contributed by atoms with Crippen LogP contribution in [0.3, 0.4) is 0 Å². The summed E-state index contributed by atoms with van der Waals surface area (Å²) in [5, 5.41) is 14.3. The summed E-state index contributed by atoms with van der Waals surface area (Å²) in [5.41, 5.74) is 0.886. The molecule has 23 heavy (non-hydrogen) atoms. The summed E-state index contributed by atoms with van der Waals surface area (Å²) in [7, 11) is 0. The molecule has 3 rings (SSSR count). The highest BCUT2D eigenvalue weighted by Gasteiger charge is 2.12. The second-order valence-electron chi connectivity index (χ2n) is 4.65. The number of tetrazole rings is 1. The third-order valence-electron chi connectivity index (χ3n) is 3.00. The number of hydrogen-bond donors (Lipinski definition) is 1. The molecule has 0 saturated heterocycles. The number of carbonyl (C=O) groups excluding carboxylic acids is 1. The minimum Gasteiger partial charge on any atom is -0.323 e. The second kappa shape index (κ2) is 6.66. The quantitative estimate of drug-likeness (QED) is 0.760. The van der Waals surface area contributed by atoms with Crippen molar-refractivity contribution in [2.45, 2.75) is 6.54 Å². The van der Waals surface area contributed by atoms with Crippen molar-refractivity contribution in [1.82, 2.24) is 20.2 Å². The topological polar surface area (TPSA) is 72.7 Å². The van der Waals surface area contributed by atoms with Crippen LogP contribution in [0.4, 0.5) is 10.1 Å². The highest BCUT2D eigenvalue weighted by molar-refractivity contribution is 9.10. The molecule has 0 unspecified atom stereocenters. The van der Waals surface area contributed by atoms with Crippen molar-refractivity contribution < 1.29 is 9.18 Å². The smallest absolute Gasteiger partial charge is 0.248 e.